The van der Waals surface area contributed by atoms with Gasteiger partial charge in [0.05, 0.1) is 25.0 Å². The minimum atomic E-state index is -0.949. The molecule has 7 atom stereocenters. The third-order valence-electron chi connectivity index (χ3n) is 6.66. The Morgan fingerprint density at radius 1 is 1.17 bits per heavy atom. The van der Waals surface area contributed by atoms with E-state index in [0.29, 0.717) is 25.9 Å². The lowest BCUT2D eigenvalue weighted by Crippen LogP contribution is -2.68. The summed E-state index contributed by atoms with van der Waals surface area (Å²) in [6.45, 7) is 5.67. The minimum Gasteiger partial charge on any atom is -0.387 e. The first-order valence-electron chi connectivity index (χ1n) is 10.9. The van der Waals surface area contributed by atoms with E-state index in [1.165, 1.54) is 12.8 Å². The van der Waals surface area contributed by atoms with E-state index in [1.807, 2.05) is 11.9 Å². The maximum Gasteiger partial charge on any atom is 0.142 e. The number of ether oxygens (including phenoxy) is 1. The Bertz CT molecular complexity index is 525. The number of aliphatic hydroxyl groups excluding tert-OH is 2. The molecule has 0 aliphatic carbocycles. The van der Waals surface area contributed by atoms with Crippen molar-refractivity contribution in [1.82, 2.24) is 36.4 Å². The van der Waals surface area contributed by atoms with Crippen LogP contribution in [0.4, 0.5) is 0 Å². The van der Waals surface area contributed by atoms with Crippen LogP contribution in [0.2, 0.25) is 0 Å². The van der Waals surface area contributed by atoms with E-state index in [-0.39, 0.29) is 18.4 Å². The molecule has 4 aliphatic rings. The van der Waals surface area contributed by atoms with Crippen molar-refractivity contribution >= 4 is 0 Å². The van der Waals surface area contributed by atoms with E-state index in [4.69, 9.17) is 10.5 Å². The Labute approximate surface area is 172 Å². The zero-order chi connectivity index (χ0) is 20.4. The lowest BCUT2D eigenvalue weighted by Gasteiger charge is -2.38. The number of nitrogens with two attached hydrogens (primary N) is 1. The number of nitrogens with one attached hydrogen (secondary N) is 5. The van der Waals surface area contributed by atoms with Crippen molar-refractivity contribution in [2.75, 3.05) is 53.1 Å². The summed E-state index contributed by atoms with van der Waals surface area (Å²) in [4.78, 5) is 4.18. The molecule has 0 aromatic carbocycles. The van der Waals surface area contributed by atoms with Gasteiger partial charge in [-0.3, -0.25) is 16.0 Å². The molecule has 4 fully saturated rings. The fourth-order valence-electron chi connectivity index (χ4n) is 4.89. The quantitative estimate of drug-likeness (QED) is 0.205. The molecule has 0 aromatic rings. The molecule has 0 amide bonds. The van der Waals surface area contributed by atoms with Crippen molar-refractivity contribution in [2.24, 2.45) is 5.73 Å². The number of aliphatic hydroxyl groups is 2. The van der Waals surface area contributed by atoms with Crippen molar-refractivity contribution in [1.29, 1.82) is 0 Å². The second kappa shape index (κ2) is 9.79. The molecule has 4 rings (SSSR count). The summed E-state index contributed by atoms with van der Waals surface area (Å²) in [5.74, 6) is 0. The van der Waals surface area contributed by atoms with E-state index in [1.54, 1.807) is 0 Å². The van der Waals surface area contributed by atoms with Crippen molar-refractivity contribution < 1.29 is 14.9 Å². The molecule has 11 heteroatoms. The van der Waals surface area contributed by atoms with Crippen LogP contribution in [-0.2, 0) is 4.74 Å². The third kappa shape index (κ3) is 4.91. The van der Waals surface area contributed by atoms with Gasteiger partial charge in [-0.2, -0.15) is 0 Å². The Morgan fingerprint density at radius 3 is 2.76 bits per heavy atom. The number of piperidine rings is 1. The Hall–Kier alpha value is -0.440. The van der Waals surface area contributed by atoms with Crippen LogP contribution in [0.5, 0.6) is 0 Å². The molecule has 0 aromatic heterocycles. The van der Waals surface area contributed by atoms with Gasteiger partial charge in [-0.05, 0) is 33.0 Å². The number of fused-ring (bicyclic) bond motifs is 1. The van der Waals surface area contributed by atoms with Crippen molar-refractivity contribution in [3.05, 3.63) is 0 Å². The number of hydrogen-bond acceptors (Lipinski definition) is 11. The van der Waals surface area contributed by atoms with E-state index < -0.39 is 24.5 Å². The van der Waals surface area contributed by atoms with Crippen LogP contribution in [0.25, 0.3) is 0 Å². The van der Waals surface area contributed by atoms with E-state index in [9.17, 15) is 10.2 Å². The van der Waals surface area contributed by atoms with E-state index in [2.05, 4.69) is 31.5 Å². The number of nitrogens with zero attached hydrogens (tertiary/aromatic N) is 2. The zero-order valence-electron chi connectivity index (χ0n) is 17.3. The van der Waals surface area contributed by atoms with Gasteiger partial charge < -0.3 is 36.2 Å². The fraction of sp³-hybridized carbons (Fsp3) is 1.00. The first-order valence-corrected chi connectivity index (χ1v) is 10.9. The highest BCUT2D eigenvalue weighted by molar-refractivity contribution is 5.01. The monoisotopic (exact) mass is 414 g/mol. The largest absolute Gasteiger partial charge is 0.387 e. The van der Waals surface area contributed by atoms with Gasteiger partial charge >= 0.3 is 0 Å². The molecule has 11 nitrogen and oxygen atoms in total. The lowest BCUT2D eigenvalue weighted by molar-refractivity contribution is -0.106. The Balaban J connectivity index is 1.25. The van der Waals surface area contributed by atoms with Crippen molar-refractivity contribution in [2.45, 2.75) is 61.8 Å². The molecule has 4 heterocycles. The second-order valence-corrected chi connectivity index (χ2v) is 8.74. The molecule has 0 spiro atoms. The topological polar surface area (TPSA) is 142 Å². The summed E-state index contributed by atoms with van der Waals surface area (Å²) in [6.07, 6.45) is -0.704. The van der Waals surface area contributed by atoms with Gasteiger partial charge in [0.25, 0.3) is 0 Å². The highest BCUT2D eigenvalue weighted by atomic mass is 16.6. The Kier molecular flexibility index (Phi) is 7.35. The van der Waals surface area contributed by atoms with Crippen LogP contribution in [0.1, 0.15) is 12.8 Å². The van der Waals surface area contributed by atoms with Gasteiger partial charge in [-0.1, -0.05) is 0 Å². The molecule has 0 saturated carbocycles. The molecule has 29 heavy (non-hydrogen) atoms. The lowest BCUT2D eigenvalue weighted by atomic mass is 10.1. The van der Waals surface area contributed by atoms with Gasteiger partial charge in [0.1, 0.15) is 24.5 Å². The summed E-state index contributed by atoms with van der Waals surface area (Å²) in [7, 11) is 2.03. The van der Waals surface area contributed by atoms with E-state index >= 15 is 0 Å². The van der Waals surface area contributed by atoms with Crippen LogP contribution in [0.15, 0.2) is 0 Å². The van der Waals surface area contributed by atoms with Gasteiger partial charge in [0.15, 0.2) is 0 Å². The maximum atomic E-state index is 10.6. The molecule has 3 unspecified atom stereocenters. The van der Waals surface area contributed by atoms with Crippen LogP contribution in [-0.4, -0.2) is 122 Å². The zero-order valence-corrected chi connectivity index (χ0v) is 17.3. The number of rotatable bonds is 7. The summed E-state index contributed by atoms with van der Waals surface area (Å²) < 4.78 is 6.14. The van der Waals surface area contributed by atoms with Gasteiger partial charge in [0.2, 0.25) is 0 Å². The average molecular weight is 415 g/mol. The highest BCUT2D eigenvalue weighted by Gasteiger charge is 2.51. The van der Waals surface area contributed by atoms with Gasteiger partial charge in [0, 0.05) is 32.3 Å². The predicted octanol–water partition coefficient (Wildman–Crippen LogP) is -4.30. The summed E-state index contributed by atoms with van der Waals surface area (Å²) in [5, 5.41) is 38.1. The van der Waals surface area contributed by atoms with Gasteiger partial charge in [-0.25, -0.2) is 4.90 Å². The van der Waals surface area contributed by atoms with Crippen molar-refractivity contribution in [3.8, 4) is 0 Å². The number of hydrogen-bond donors (Lipinski definition) is 8. The van der Waals surface area contributed by atoms with Gasteiger partial charge in [-0.15, -0.1) is 0 Å². The molecular formula is C18H38N8O3. The molecule has 4 aliphatic heterocycles. The summed E-state index contributed by atoms with van der Waals surface area (Å²) in [6, 6.07) is 0.614. The molecule has 0 bridgehead atoms. The molecule has 0 radical (unpaired) electrons. The standard InChI is InChI=1S/C18H38N8O3/c1-25(7-6-21-11-2-4-20-5-3-11)8-12-14(27)15(28)18(29-12)26-10-24-13-16(19)22-9-23-17(13)26/h11-18,20-24,27-28H,2-10,19H2,1H3/t12-,13?,14-,15-,16?,17?,18-/m1/s1. The minimum absolute atomic E-state index is 0.0273. The molecule has 168 valence electrons. The van der Waals surface area contributed by atoms with E-state index in [0.717, 1.165) is 26.2 Å². The molecular weight excluding hydrogens is 376 g/mol. The van der Waals surface area contributed by atoms with Crippen LogP contribution in [0.3, 0.4) is 0 Å². The molecule has 4 saturated heterocycles. The van der Waals surface area contributed by atoms with Crippen LogP contribution in [0, 0.1) is 0 Å². The SMILES string of the molecule is CN(CCNC1CCNCC1)C[C@H]1O[C@@H](N2CNC3C(N)NCNC32)[C@H](O)[C@@H]1O. The van der Waals surface area contributed by atoms with Crippen LogP contribution >= 0.6 is 0 Å². The smallest absolute Gasteiger partial charge is 0.142 e. The maximum absolute atomic E-state index is 10.6. The fourth-order valence-corrected chi connectivity index (χ4v) is 4.89. The third-order valence-corrected chi connectivity index (χ3v) is 6.66. The summed E-state index contributed by atoms with van der Waals surface area (Å²) in [5.41, 5.74) is 6.13. The predicted molar refractivity (Wildman–Crippen MR) is 109 cm³/mol. The van der Waals surface area contributed by atoms with Crippen molar-refractivity contribution in [3.63, 3.8) is 0 Å². The second-order valence-electron chi connectivity index (χ2n) is 8.74. The van der Waals surface area contributed by atoms with Crippen LogP contribution < -0.4 is 32.3 Å². The number of likely N-dealkylation sites (N-methyl/N-ethyl adjacent to an activating group) is 1. The normalized spacial score (nSPS) is 41.9. The molecule has 9 N–H and O–H groups in total. The Morgan fingerprint density at radius 2 is 1.97 bits per heavy atom. The first-order chi connectivity index (χ1) is 14.0. The summed E-state index contributed by atoms with van der Waals surface area (Å²) >= 11 is 0. The first kappa shape index (κ1) is 21.8. The average Bonchev–Trinajstić information content (AvgIpc) is 3.26. The highest BCUT2D eigenvalue weighted by Crippen LogP contribution is 2.28.